The number of piperidine rings is 1. The number of hydrogen-bond donors (Lipinski definition) is 1. The highest BCUT2D eigenvalue weighted by Crippen LogP contribution is 2.30. The Balaban J connectivity index is 1.48. The van der Waals surface area contributed by atoms with E-state index in [1.54, 1.807) is 16.2 Å². The predicted octanol–water partition coefficient (Wildman–Crippen LogP) is 3.13. The van der Waals surface area contributed by atoms with E-state index in [-0.39, 0.29) is 17.6 Å². The van der Waals surface area contributed by atoms with Gasteiger partial charge in [-0.25, -0.2) is 9.97 Å². The van der Waals surface area contributed by atoms with Crippen molar-refractivity contribution in [2.75, 3.05) is 24.5 Å². The van der Waals surface area contributed by atoms with Gasteiger partial charge in [0.1, 0.15) is 17.8 Å². The maximum absolute atomic E-state index is 12.8. The number of alkyl halides is 3. The number of nitrogens with one attached hydrogen (secondary N) is 1. The molecule has 2 aromatic heterocycles. The molecular formula is C17H19F3N4OS. The van der Waals surface area contributed by atoms with Gasteiger partial charge in [-0.2, -0.15) is 13.2 Å². The van der Waals surface area contributed by atoms with Crippen LogP contribution in [0.1, 0.15) is 23.4 Å². The van der Waals surface area contributed by atoms with Crippen molar-refractivity contribution < 1.29 is 18.0 Å². The summed E-state index contributed by atoms with van der Waals surface area (Å²) in [6.45, 7) is 1.59. The van der Waals surface area contributed by atoms with Crippen LogP contribution in [0.2, 0.25) is 0 Å². The van der Waals surface area contributed by atoms with Gasteiger partial charge in [-0.05, 0) is 30.7 Å². The van der Waals surface area contributed by atoms with E-state index in [1.807, 2.05) is 17.5 Å². The van der Waals surface area contributed by atoms with Crippen molar-refractivity contribution in [2.24, 2.45) is 5.92 Å². The fourth-order valence-corrected chi connectivity index (χ4v) is 3.66. The summed E-state index contributed by atoms with van der Waals surface area (Å²) in [5.74, 6) is 0.155. The number of aromatic nitrogens is 2. The molecule has 5 nitrogen and oxygen atoms in total. The van der Waals surface area contributed by atoms with Crippen LogP contribution < -0.4 is 10.2 Å². The zero-order chi connectivity index (χ0) is 18.6. The Kier molecular flexibility index (Phi) is 5.75. The number of anilines is 1. The molecule has 0 aliphatic carbocycles. The second kappa shape index (κ2) is 8.03. The molecule has 1 saturated heterocycles. The molecule has 9 heteroatoms. The summed E-state index contributed by atoms with van der Waals surface area (Å²) in [6, 6.07) is 4.97. The molecule has 140 valence electrons. The topological polar surface area (TPSA) is 58.1 Å². The molecule has 3 rings (SSSR count). The molecule has 1 aliphatic rings. The van der Waals surface area contributed by atoms with Gasteiger partial charge in [0.2, 0.25) is 5.91 Å². The second-order valence-electron chi connectivity index (χ2n) is 6.14. The molecule has 1 aliphatic heterocycles. The Morgan fingerprint density at radius 2 is 2.08 bits per heavy atom. The van der Waals surface area contributed by atoms with Gasteiger partial charge in [-0.3, -0.25) is 4.79 Å². The van der Waals surface area contributed by atoms with Gasteiger partial charge < -0.3 is 10.2 Å². The van der Waals surface area contributed by atoms with Gasteiger partial charge in [-0.1, -0.05) is 6.07 Å². The van der Waals surface area contributed by atoms with E-state index < -0.39 is 11.9 Å². The molecule has 1 fully saturated rings. The second-order valence-corrected chi connectivity index (χ2v) is 7.17. The smallest absolute Gasteiger partial charge is 0.356 e. The predicted molar refractivity (Wildman–Crippen MR) is 93.0 cm³/mol. The molecule has 2 aromatic rings. The van der Waals surface area contributed by atoms with Crippen LogP contribution in [0.4, 0.5) is 19.0 Å². The van der Waals surface area contributed by atoms with Gasteiger partial charge in [-0.15, -0.1) is 11.3 Å². The average Bonchev–Trinajstić information content (AvgIpc) is 3.15. The molecule has 26 heavy (non-hydrogen) atoms. The van der Waals surface area contributed by atoms with Crippen LogP contribution in [0.25, 0.3) is 0 Å². The number of amides is 1. The van der Waals surface area contributed by atoms with Crippen LogP contribution in [0.3, 0.4) is 0 Å². The van der Waals surface area contributed by atoms with Crippen molar-refractivity contribution in [3.8, 4) is 0 Å². The van der Waals surface area contributed by atoms with Crippen molar-refractivity contribution in [1.29, 1.82) is 0 Å². The number of rotatable bonds is 5. The molecule has 0 bridgehead atoms. The first-order chi connectivity index (χ1) is 12.4. The van der Waals surface area contributed by atoms with Crippen molar-refractivity contribution >= 4 is 23.1 Å². The summed E-state index contributed by atoms with van der Waals surface area (Å²) in [5.41, 5.74) is -0.948. The first-order valence-corrected chi connectivity index (χ1v) is 9.26. The van der Waals surface area contributed by atoms with Crippen LogP contribution in [0.5, 0.6) is 0 Å². The largest absolute Gasteiger partial charge is 0.433 e. The zero-order valence-corrected chi connectivity index (χ0v) is 14.8. The Morgan fingerprint density at radius 1 is 1.31 bits per heavy atom. The summed E-state index contributed by atoms with van der Waals surface area (Å²) in [6.07, 6.45) is -1.56. The average molecular weight is 384 g/mol. The standard InChI is InChI=1S/C17H19F3N4OS/c18-17(19,20)14-10-15(23-11-22-14)24-7-4-12(5-8-24)16(25)21-6-3-13-2-1-9-26-13/h1-2,9-12H,3-8H2,(H,21,25). The van der Waals surface area contributed by atoms with Gasteiger partial charge in [0.05, 0.1) is 0 Å². The van der Waals surface area contributed by atoms with Gasteiger partial charge in [0.15, 0.2) is 0 Å². The monoisotopic (exact) mass is 384 g/mol. The molecule has 0 saturated carbocycles. The van der Waals surface area contributed by atoms with Gasteiger partial charge in [0.25, 0.3) is 0 Å². The lowest BCUT2D eigenvalue weighted by molar-refractivity contribution is -0.141. The van der Waals surface area contributed by atoms with Crippen LogP contribution in [-0.4, -0.2) is 35.5 Å². The minimum atomic E-state index is -4.49. The van der Waals surface area contributed by atoms with E-state index in [0.717, 1.165) is 18.8 Å². The Bertz CT molecular complexity index is 728. The number of halogens is 3. The number of carbonyl (C=O) groups is 1. The highest BCUT2D eigenvalue weighted by atomic mass is 32.1. The van der Waals surface area contributed by atoms with Gasteiger partial charge in [0, 0.05) is 36.5 Å². The molecule has 0 atom stereocenters. The maximum Gasteiger partial charge on any atom is 0.433 e. The Hall–Kier alpha value is -2.16. The molecule has 0 radical (unpaired) electrons. The highest BCUT2D eigenvalue weighted by Gasteiger charge is 2.34. The fraction of sp³-hybridized carbons (Fsp3) is 0.471. The number of carbonyl (C=O) groups excluding carboxylic acids is 1. The van der Waals surface area contributed by atoms with E-state index in [9.17, 15) is 18.0 Å². The Morgan fingerprint density at radius 3 is 2.73 bits per heavy atom. The van der Waals surface area contributed by atoms with E-state index in [0.29, 0.717) is 32.5 Å². The van der Waals surface area contributed by atoms with Gasteiger partial charge >= 0.3 is 6.18 Å². The molecule has 0 aromatic carbocycles. The quantitative estimate of drug-likeness (QED) is 0.861. The molecule has 1 amide bonds. The minimum Gasteiger partial charge on any atom is -0.356 e. The van der Waals surface area contributed by atoms with E-state index in [4.69, 9.17) is 0 Å². The third-order valence-electron chi connectivity index (χ3n) is 4.38. The van der Waals surface area contributed by atoms with Crippen molar-refractivity contribution in [1.82, 2.24) is 15.3 Å². The van der Waals surface area contributed by atoms with Crippen molar-refractivity contribution in [3.63, 3.8) is 0 Å². The molecule has 0 spiro atoms. The van der Waals surface area contributed by atoms with Crippen molar-refractivity contribution in [3.05, 3.63) is 40.5 Å². The summed E-state index contributed by atoms with van der Waals surface area (Å²) in [5, 5.41) is 4.95. The van der Waals surface area contributed by atoms with Crippen LogP contribution in [0.15, 0.2) is 29.9 Å². The SMILES string of the molecule is O=C(NCCc1cccs1)C1CCN(c2cc(C(F)(F)F)ncn2)CC1. The third kappa shape index (κ3) is 4.72. The number of hydrogen-bond acceptors (Lipinski definition) is 5. The van der Waals surface area contributed by atoms with Crippen LogP contribution >= 0.6 is 11.3 Å². The van der Waals surface area contributed by atoms with Crippen LogP contribution in [0, 0.1) is 5.92 Å². The van der Waals surface area contributed by atoms with Crippen molar-refractivity contribution in [2.45, 2.75) is 25.4 Å². The van der Waals surface area contributed by atoms with E-state index in [1.165, 1.54) is 4.88 Å². The lowest BCUT2D eigenvalue weighted by atomic mass is 9.96. The summed E-state index contributed by atoms with van der Waals surface area (Å²) in [4.78, 5) is 22.5. The first kappa shape index (κ1) is 18.6. The first-order valence-electron chi connectivity index (χ1n) is 8.38. The summed E-state index contributed by atoms with van der Waals surface area (Å²) in [7, 11) is 0. The fourth-order valence-electron chi connectivity index (χ4n) is 2.95. The van der Waals surface area contributed by atoms with E-state index in [2.05, 4.69) is 15.3 Å². The zero-order valence-electron chi connectivity index (χ0n) is 14.0. The lowest BCUT2D eigenvalue weighted by Crippen LogP contribution is -2.41. The lowest BCUT2D eigenvalue weighted by Gasteiger charge is -2.32. The van der Waals surface area contributed by atoms with Crippen LogP contribution in [-0.2, 0) is 17.4 Å². The van der Waals surface area contributed by atoms with E-state index >= 15 is 0 Å². The summed E-state index contributed by atoms with van der Waals surface area (Å²) >= 11 is 1.66. The third-order valence-corrected chi connectivity index (χ3v) is 5.32. The molecular weight excluding hydrogens is 365 g/mol. The minimum absolute atomic E-state index is 0.0138. The normalized spacial score (nSPS) is 15.9. The maximum atomic E-state index is 12.8. The number of thiophene rings is 1. The molecule has 3 heterocycles. The summed E-state index contributed by atoms with van der Waals surface area (Å²) < 4.78 is 38.3. The number of nitrogens with zero attached hydrogens (tertiary/aromatic N) is 3. The molecule has 1 N–H and O–H groups in total. The highest BCUT2D eigenvalue weighted by molar-refractivity contribution is 7.09. The molecule has 0 unspecified atom stereocenters. The Labute approximate surface area is 153 Å².